The first-order valence-corrected chi connectivity index (χ1v) is 5.37. The zero-order chi connectivity index (χ0) is 14.9. The third kappa shape index (κ3) is 2.68. The van der Waals surface area contributed by atoms with Crippen molar-refractivity contribution < 1.29 is 18.1 Å². The van der Waals surface area contributed by atoms with Gasteiger partial charge in [-0.15, -0.1) is 0 Å². The highest BCUT2D eigenvalue weighted by molar-refractivity contribution is 5.71. The number of halogens is 3. The van der Waals surface area contributed by atoms with E-state index in [2.05, 4.69) is 4.98 Å². The molecule has 0 spiro atoms. The number of nitrogens with two attached hydrogens (primary N) is 1. The second-order valence-electron chi connectivity index (χ2n) is 3.94. The van der Waals surface area contributed by atoms with Crippen molar-refractivity contribution >= 4 is 11.5 Å². The Labute approximate surface area is 111 Å². The van der Waals surface area contributed by atoms with Crippen LogP contribution in [0.2, 0.25) is 0 Å². The van der Waals surface area contributed by atoms with Crippen molar-refractivity contribution in [2.45, 2.75) is 6.18 Å². The van der Waals surface area contributed by atoms with Gasteiger partial charge in [-0.3, -0.25) is 10.1 Å². The number of hydrogen-bond donors (Lipinski definition) is 1. The highest BCUT2D eigenvalue weighted by atomic mass is 19.4. The van der Waals surface area contributed by atoms with Crippen LogP contribution in [0.1, 0.15) is 5.56 Å². The molecular weight excluding hydrogens is 275 g/mol. The second-order valence-corrected chi connectivity index (χ2v) is 3.94. The molecule has 0 radical (unpaired) electrons. The first-order valence-electron chi connectivity index (χ1n) is 5.37. The van der Waals surface area contributed by atoms with Gasteiger partial charge in [0.15, 0.2) is 5.69 Å². The maximum Gasteiger partial charge on any atom is 0.416 e. The molecule has 1 heterocycles. The lowest BCUT2D eigenvalue weighted by atomic mass is 10.1. The van der Waals surface area contributed by atoms with Crippen molar-refractivity contribution in [3.05, 3.63) is 52.1 Å². The van der Waals surface area contributed by atoms with Crippen LogP contribution in [0.5, 0.6) is 0 Å². The van der Waals surface area contributed by atoms with E-state index < -0.39 is 22.4 Å². The van der Waals surface area contributed by atoms with E-state index in [9.17, 15) is 23.3 Å². The molecule has 0 saturated carbocycles. The summed E-state index contributed by atoms with van der Waals surface area (Å²) in [4.78, 5) is 13.9. The van der Waals surface area contributed by atoms with Gasteiger partial charge in [0.05, 0.1) is 10.5 Å². The Kier molecular flexibility index (Phi) is 3.31. The summed E-state index contributed by atoms with van der Waals surface area (Å²) >= 11 is 0. The number of hydrogen-bond acceptors (Lipinski definition) is 4. The van der Waals surface area contributed by atoms with Crippen LogP contribution in [0.4, 0.5) is 24.7 Å². The predicted molar refractivity (Wildman–Crippen MR) is 65.7 cm³/mol. The molecule has 2 rings (SSSR count). The summed E-state index contributed by atoms with van der Waals surface area (Å²) in [7, 11) is 0. The summed E-state index contributed by atoms with van der Waals surface area (Å²) in [6, 6.07) is 6.47. The molecule has 0 aliphatic heterocycles. The van der Waals surface area contributed by atoms with E-state index >= 15 is 0 Å². The standard InChI is InChI=1S/C12H8F3N3O2/c13-12(14,15)8-3-1-2-7(6-8)11-9(18(19)20)4-5-10(16)17-11/h1-6H,(H2,16,17). The number of nitrogens with zero attached hydrogens (tertiary/aromatic N) is 2. The van der Waals surface area contributed by atoms with Gasteiger partial charge in [0.2, 0.25) is 0 Å². The first kappa shape index (κ1) is 13.8. The van der Waals surface area contributed by atoms with E-state index in [4.69, 9.17) is 5.73 Å². The molecule has 0 bridgehead atoms. The zero-order valence-electron chi connectivity index (χ0n) is 9.89. The summed E-state index contributed by atoms with van der Waals surface area (Å²) in [6.45, 7) is 0. The van der Waals surface area contributed by atoms with E-state index in [0.717, 1.165) is 24.3 Å². The number of nitrogen functional groups attached to an aromatic ring is 1. The fraction of sp³-hybridized carbons (Fsp3) is 0.0833. The fourth-order valence-corrected chi connectivity index (χ4v) is 1.67. The van der Waals surface area contributed by atoms with Crippen LogP contribution in [0.15, 0.2) is 36.4 Å². The van der Waals surface area contributed by atoms with Gasteiger partial charge in [0, 0.05) is 11.6 Å². The summed E-state index contributed by atoms with van der Waals surface area (Å²) in [5.41, 5.74) is 3.91. The summed E-state index contributed by atoms with van der Waals surface area (Å²) in [6.07, 6.45) is -4.54. The Hall–Kier alpha value is -2.64. The van der Waals surface area contributed by atoms with E-state index in [1.165, 1.54) is 12.1 Å². The Bertz CT molecular complexity index is 671. The van der Waals surface area contributed by atoms with Gasteiger partial charge in [0.25, 0.3) is 5.69 Å². The molecular formula is C12H8F3N3O2. The van der Waals surface area contributed by atoms with Gasteiger partial charge in [-0.05, 0) is 18.2 Å². The molecule has 104 valence electrons. The van der Waals surface area contributed by atoms with Crippen LogP contribution in [-0.4, -0.2) is 9.91 Å². The smallest absolute Gasteiger partial charge is 0.384 e. The third-order valence-electron chi connectivity index (χ3n) is 2.56. The average molecular weight is 283 g/mol. The van der Waals surface area contributed by atoms with Gasteiger partial charge in [-0.2, -0.15) is 13.2 Å². The molecule has 0 atom stereocenters. The molecule has 8 heteroatoms. The summed E-state index contributed by atoms with van der Waals surface area (Å²) < 4.78 is 37.9. The number of pyridine rings is 1. The Morgan fingerprint density at radius 3 is 2.50 bits per heavy atom. The van der Waals surface area contributed by atoms with Crippen LogP contribution in [0.3, 0.4) is 0 Å². The van der Waals surface area contributed by atoms with Gasteiger partial charge in [-0.1, -0.05) is 12.1 Å². The highest BCUT2D eigenvalue weighted by Crippen LogP contribution is 2.34. The highest BCUT2D eigenvalue weighted by Gasteiger charge is 2.31. The third-order valence-corrected chi connectivity index (χ3v) is 2.56. The van der Waals surface area contributed by atoms with Gasteiger partial charge in [-0.25, -0.2) is 4.98 Å². The van der Waals surface area contributed by atoms with Gasteiger partial charge >= 0.3 is 6.18 Å². The molecule has 0 unspecified atom stereocenters. The molecule has 1 aromatic carbocycles. The molecule has 0 fully saturated rings. The largest absolute Gasteiger partial charge is 0.416 e. The minimum atomic E-state index is -4.54. The number of aromatic nitrogens is 1. The lowest BCUT2D eigenvalue weighted by molar-refractivity contribution is -0.384. The Balaban J connectivity index is 2.62. The van der Waals surface area contributed by atoms with Crippen molar-refractivity contribution in [1.82, 2.24) is 4.98 Å². The zero-order valence-corrected chi connectivity index (χ0v) is 9.89. The molecule has 2 N–H and O–H groups in total. The Morgan fingerprint density at radius 1 is 1.20 bits per heavy atom. The molecule has 0 aliphatic rings. The predicted octanol–water partition coefficient (Wildman–Crippen LogP) is 3.26. The molecule has 1 aromatic heterocycles. The van der Waals surface area contributed by atoms with Crippen molar-refractivity contribution in [3.63, 3.8) is 0 Å². The molecule has 2 aromatic rings. The van der Waals surface area contributed by atoms with E-state index in [1.54, 1.807) is 0 Å². The van der Waals surface area contributed by atoms with Crippen LogP contribution in [0.25, 0.3) is 11.3 Å². The maximum absolute atomic E-state index is 12.6. The SMILES string of the molecule is Nc1ccc([N+](=O)[O-])c(-c2cccc(C(F)(F)F)c2)n1. The van der Waals surface area contributed by atoms with Gasteiger partial charge in [0.1, 0.15) is 5.82 Å². The van der Waals surface area contributed by atoms with E-state index in [0.29, 0.717) is 0 Å². The number of alkyl halides is 3. The lowest BCUT2D eigenvalue weighted by Gasteiger charge is -2.09. The minimum absolute atomic E-state index is 0.0111. The first-order chi connectivity index (χ1) is 9.29. The van der Waals surface area contributed by atoms with Crippen LogP contribution in [0, 0.1) is 10.1 Å². The van der Waals surface area contributed by atoms with E-state index in [1.807, 2.05) is 0 Å². The quantitative estimate of drug-likeness (QED) is 0.677. The number of benzene rings is 1. The summed E-state index contributed by atoms with van der Waals surface area (Å²) in [5.74, 6) is -0.0111. The van der Waals surface area contributed by atoms with Gasteiger partial charge < -0.3 is 5.73 Å². The normalized spacial score (nSPS) is 11.3. The number of anilines is 1. The minimum Gasteiger partial charge on any atom is -0.384 e. The van der Waals surface area contributed by atoms with Crippen molar-refractivity contribution in [3.8, 4) is 11.3 Å². The second kappa shape index (κ2) is 4.80. The molecule has 20 heavy (non-hydrogen) atoms. The van der Waals surface area contributed by atoms with Crippen molar-refractivity contribution in [2.24, 2.45) is 0 Å². The molecule has 0 saturated heterocycles. The van der Waals surface area contributed by atoms with Crippen LogP contribution < -0.4 is 5.73 Å². The van der Waals surface area contributed by atoms with Crippen LogP contribution in [-0.2, 0) is 6.18 Å². The number of nitro groups is 1. The van der Waals surface area contributed by atoms with E-state index in [-0.39, 0.29) is 17.1 Å². The average Bonchev–Trinajstić information content (AvgIpc) is 2.37. The fourth-order valence-electron chi connectivity index (χ4n) is 1.67. The van der Waals surface area contributed by atoms with Crippen molar-refractivity contribution in [1.29, 1.82) is 0 Å². The molecule has 0 amide bonds. The lowest BCUT2D eigenvalue weighted by Crippen LogP contribution is -2.05. The maximum atomic E-state index is 12.6. The molecule has 0 aliphatic carbocycles. The topological polar surface area (TPSA) is 82.0 Å². The number of rotatable bonds is 2. The Morgan fingerprint density at radius 2 is 1.90 bits per heavy atom. The van der Waals surface area contributed by atoms with Crippen molar-refractivity contribution in [2.75, 3.05) is 5.73 Å². The van der Waals surface area contributed by atoms with Crippen LogP contribution >= 0.6 is 0 Å². The molecule has 5 nitrogen and oxygen atoms in total. The summed E-state index contributed by atoms with van der Waals surface area (Å²) in [5, 5.41) is 10.9. The monoisotopic (exact) mass is 283 g/mol.